The second-order valence-corrected chi connectivity index (χ2v) is 7.68. The molecule has 2 unspecified atom stereocenters. The number of carbonyl (C=O) groups is 3. The Morgan fingerprint density at radius 1 is 1.29 bits per heavy atom. The normalized spacial score (nSPS) is 15.9. The largest absolute Gasteiger partial charge is 1.00 e. The number of anilines is 4. The number of hydrogen-bond acceptors (Lipinski definition) is 10. The molecule has 0 radical (unpaired) electrons. The number of nitrogens with zero attached hydrogens (tertiary/aromatic N) is 1. The van der Waals surface area contributed by atoms with Crippen molar-refractivity contribution < 1.29 is 54.2 Å². The zero-order valence-electron chi connectivity index (χ0n) is 18.7. The Morgan fingerprint density at radius 2 is 1.97 bits per heavy atom. The van der Waals surface area contributed by atoms with Crippen LogP contribution in [0.25, 0.3) is 0 Å². The molecular formula is C20H24N7NaO6. The van der Waals surface area contributed by atoms with Gasteiger partial charge in [-0.15, -0.1) is 0 Å². The molecular weight excluding hydrogens is 457 g/mol. The summed E-state index contributed by atoms with van der Waals surface area (Å²) in [5.41, 5.74) is 6.37. The predicted octanol–water partition coefficient (Wildman–Crippen LogP) is -4.37. The van der Waals surface area contributed by atoms with Gasteiger partial charge < -0.3 is 42.0 Å². The van der Waals surface area contributed by atoms with Crippen molar-refractivity contribution in [2.24, 2.45) is 5.92 Å². The van der Waals surface area contributed by atoms with E-state index >= 15 is 0 Å². The van der Waals surface area contributed by atoms with Gasteiger partial charge in [0.15, 0.2) is 5.82 Å². The summed E-state index contributed by atoms with van der Waals surface area (Å²) in [4.78, 5) is 53.1. The van der Waals surface area contributed by atoms with Gasteiger partial charge in [0.2, 0.25) is 5.95 Å². The zero-order chi connectivity index (χ0) is 24.1. The van der Waals surface area contributed by atoms with Gasteiger partial charge in [-0.1, -0.05) is 6.92 Å². The third kappa shape index (κ3) is 6.85. The molecule has 14 heteroatoms. The number of amides is 1. The Hall–Kier alpha value is -3.29. The van der Waals surface area contributed by atoms with E-state index in [4.69, 9.17) is 5.73 Å². The molecule has 3 rings (SSSR count). The molecule has 0 saturated carbocycles. The van der Waals surface area contributed by atoms with E-state index in [1.165, 1.54) is 19.1 Å². The van der Waals surface area contributed by atoms with Gasteiger partial charge in [0.25, 0.3) is 11.5 Å². The molecule has 176 valence electrons. The molecule has 1 aliphatic heterocycles. The van der Waals surface area contributed by atoms with E-state index in [0.29, 0.717) is 30.3 Å². The number of aromatic nitrogens is 2. The van der Waals surface area contributed by atoms with E-state index in [-0.39, 0.29) is 59.1 Å². The predicted molar refractivity (Wildman–Crippen MR) is 118 cm³/mol. The number of carboxylic acid groups (broad SMARTS) is 2. The summed E-state index contributed by atoms with van der Waals surface area (Å²) >= 11 is 0. The average Bonchev–Trinajstić information content (AvgIpc) is 2.77. The van der Waals surface area contributed by atoms with Crippen LogP contribution in [0.2, 0.25) is 0 Å². The molecule has 2 aromatic rings. The van der Waals surface area contributed by atoms with Crippen LogP contribution in [-0.2, 0) is 9.59 Å². The molecule has 1 aromatic carbocycles. The molecule has 0 fully saturated rings. The number of aromatic amines is 1. The Labute approximate surface area is 216 Å². The number of rotatable bonds is 9. The third-order valence-corrected chi connectivity index (χ3v) is 5.10. The van der Waals surface area contributed by atoms with E-state index in [0.717, 1.165) is 0 Å². The monoisotopic (exact) mass is 481 g/mol. The van der Waals surface area contributed by atoms with Crippen molar-refractivity contribution in [1.82, 2.24) is 15.3 Å². The zero-order valence-corrected chi connectivity index (χ0v) is 20.7. The fourth-order valence-electron chi connectivity index (χ4n) is 3.24. The Morgan fingerprint density at radius 3 is 2.59 bits per heavy atom. The number of benzene rings is 1. The number of hydrogen-bond donors (Lipinski definition) is 7. The van der Waals surface area contributed by atoms with Crippen LogP contribution < -0.4 is 67.2 Å². The van der Waals surface area contributed by atoms with E-state index in [9.17, 15) is 29.4 Å². The average molecular weight is 481 g/mol. The van der Waals surface area contributed by atoms with E-state index in [1.54, 1.807) is 12.1 Å². The molecule has 0 aliphatic carbocycles. The Balaban J connectivity index is 0.00000408. The first-order chi connectivity index (χ1) is 15.6. The van der Waals surface area contributed by atoms with Crippen molar-refractivity contribution in [1.29, 1.82) is 0 Å². The van der Waals surface area contributed by atoms with E-state index < -0.39 is 29.8 Å². The molecule has 13 nitrogen and oxygen atoms in total. The summed E-state index contributed by atoms with van der Waals surface area (Å²) in [6, 6.07) is 4.83. The van der Waals surface area contributed by atoms with Crippen molar-refractivity contribution in [2.75, 3.05) is 34.8 Å². The summed E-state index contributed by atoms with van der Waals surface area (Å²) in [6.45, 7) is 2.26. The van der Waals surface area contributed by atoms with Crippen LogP contribution in [0.3, 0.4) is 0 Å². The molecule has 1 amide bonds. The van der Waals surface area contributed by atoms with Gasteiger partial charge >= 0.3 is 35.5 Å². The van der Waals surface area contributed by atoms with Crippen LogP contribution in [0.5, 0.6) is 0 Å². The quantitative estimate of drug-likeness (QED) is 0.170. The van der Waals surface area contributed by atoms with Gasteiger partial charge in [0, 0.05) is 30.3 Å². The minimum absolute atomic E-state index is 0. The summed E-state index contributed by atoms with van der Waals surface area (Å²) < 4.78 is 0. The van der Waals surface area contributed by atoms with Crippen molar-refractivity contribution in [3.63, 3.8) is 0 Å². The maximum absolute atomic E-state index is 12.4. The molecule has 0 spiro atoms. The SMILES string of the molecule is CC(C[C@H](NC(=O)c1ccc(NCC2CNc3nc(N)[nH]c(=O)c3N2)cc1)C(=O)O)C(=O)[O-].[Na+]. The first-order valence-corrected chi connectivity index (χ1v) is 10.1. The van der Waals surface area contributed by atoms with Gasteiger partial charge in [-0.3, -0.25) is 14.6 Å². The fraction of sp³-hybridized carbons (Fsp3) is 0.350. The first-order valence-electron chi connectivity index (χ1n) is 10.1. The van der Waals surface area contributed by atoms with Crippen LogP contribution in [0.1, 0.15) is 23.7 Å². The van der Waals surface area contributed by atoms with Gasteiger partial charge in [0.1, 0.15) is 11.7 Å². The molecule has 34 heavy (non-hydrogen) atoms. The number of carboxylic acids is 2. The smallest absolute Gasteiger partial charge is 0.550 e. The number of carbonyl (C=O) groups excluding carboxylic acids is 2. The number of nitrogens with two attached hydrogens (primary N) is 1. The number of nitrogen functional groups attached to an aromatic ring is 1. The Kier molecular flexibility index (Phi) is 9.29. The van der Waals surface area contributed by atoms with Crippen LogP contribution in [0.4, 0.5) is 23.1 Å². The maximum atomic E-state index is 12.4. The number of H-pyrrole nitrogens is 1. The summed E-state index contributed by atoms with van der Waals surface area (Å²) in [6.07, 6.45) is -0.292. The Bertz CT molecular complexity index is 1110. The van der Waals surface area contributed by atoms with Gasteiger partial charge in [-0.2, -0.15) is 4.98 Å². The summed E-state index contributed by atoms with van der Waals surface area (Å²) in [7, 11) is 0. The van der Waals surface area contributed by atoms with Gasteiger partial charge in [-0.05, 0) is 36.6 Å². The molecule has 3 atom stereocenters. The van der Waals surface area contributed by atoms with Crippen LogP contribution in [0, 0.1) is 5.92 Å². The molecule has 1 aliphatic rings. The topological polar surface area (TPSA) is 214 Å². The molecule has 1 aromatic heterocycles. The number of aliphatic carboxylic acids is 2. The second kappa shape index (κ2) is 11.7. The van der Waals surface area contributed by atoms with Gasteiger partial charge in [0.05, 0.1) is 6.04 Å². The molecule has 2 heterocycles. The minimum Gasteiger partial charge on any atom is -0.550 e. The minimum atomic E-state index is -1.39. The standard InChI is InChI=1S/C20H25N7O6.Na/c1-9(18(30)31)6-13(19(32)33)25-16(28)10-2-4-11(5-3-10)22-7-12-8-23-15-14(24-12)17(29)27-20(21)26-15;/h2-5,9,12-13,22,24H,6-8H2,1H3,(H,25,28)(H,30,31)(H,32,33)(H4,21,23,26,27,29);/q;+1/p-1/t9?,12?,13-;/m0./s1. The van der Waals surface area contributed by atoms with E-state index in [2.05, 4.69) is 31.2 Å². The van der Waals surface area contributed by atoms with Crippen LogP contribution in [0.15, 0.2) is 29.1 Å². The second-order valence-electron chi connectivity index (χ2n) is 7.68. The van der Waals surface area contributed by atoms with Crippen molar-refractivity contribution >= 4 is 41.0 Å². The molecule has 0 bridgehead atoms. The molecule has 0 saturated heterocycles. The van der Waals surface area contributed by atoms with Crippen molar-refractivity contribution in [3.8, 4) is 0 Å². The van der Waals surface area contributed by atoms with Gasteiger partial charge in [-0.25, -0.2) is 4.79 Å². The number of nitrogens with one attached hydrogen (secondary N) is 5. The van der Waals surface area contributed by atoms with Crippen molar-refractivity contribution in [3.05, 3.63) is 40.2 Å². The van der Waals surface area contributed by atoms with Crippen LogP contribution in [-0.4, -0.2) is 58.1 Å². The third-order valence-electron chi connectivity index (χ3n) is 5.10. The maximum Gasteiger partial charge on any atom is 1.00 e. The summed E-state index contributed by atoms with van der Waals surface area (Å²) in [5, 5.41) is 31.8. The fourth-order valence-corrected chi connectivity index (χ4v) is 3.24. The number of fused-ring (bicyclic) bond motifs is 1. The van der Waals surface area contributed by atoms with E-state index in [1.807, 2.05) is 0 Å². The van der Waals surface area contributed by atoms with Crippen LogP contribution >= 0.6 is 0 Å². The molecule has 8 N–H and O–H groups in total. The first kappa shape index (κ1) is 27.0. The summed E-state index contributed by atoms with van der Waals surface area (Å²) in [5.74, 6) is -3.98. The van der Waals surface area contributed by atoms with Crippen molar-refractivity contribution in [2.45, 2.75) is 25.4 Å².